The van der Waals surface area contributed by atoms with E-state index >= 15 is 0 Å². The van der Waals surface area contributed by atoms with Gasteiger partial charge in [-0.25, -0.2) is 4.39 Å². The van der Waals surface area contributed by atoms with Gasteiger partial charge in [0.1, 0.15) is 18.0 Å². The Morgan fingerprint density at radius 3 is 2.69 bits per heavy atom. The number of hydrogen-bond donors (Lipinski definition) is 4. The summed E-state index contributed by atoms with van der Waals surface area (Å²) in [6, 6.07) is 11.4. The zero-order chi connectivity index (χ0) is 21.2. The van der Waals surface area contributed by atoms with E-state index in [0.717, 1.165) is 10.9 Å². The fraction of sp³-hybridized carbons (Fsp3) is 0.318. The van der Waals surface area contributed by atoms with Crippen molar-refractivity contribution in [1.29, 1.82) is 0 Å². The van der Waals surface area contributed by atoms with E-state index in [-0.39, 0.29) is 18.3 Å². The zero-order valence-electron chi connectivity index (χ0n) is 16.6. The number of hydrogen-bond acceptors (Lipinski definition) is 3. The van der Waals surface area contributed by atoms with Crippen molar-refractivity contribution in [3.8, 4) is 0 Å². The maximum atomic E-state index is 13.4. The van der Waals surface area contributed by atoms with Crippen molar-refractivity contribution >= 4 is 28.4 Å². The van der Waals surface area contributed by atoms with Crippen LogP contribution in [0.5, 0.6) is 0 Å². The van der Waals surface area contributed by atoms with E-state index in [4.69, 9.17) is 11.6 Å². The molecular formula is C22H25ClFN3O2. The lowest BCUT2D eigenvalue weighted by molar-refractivity contribution is -0.126. The average molecular weight is 418 g/mol. The van der Waals surface area contributed by atoms with E-state index in [1.807, 2.05) is 26.8 Å². The van der Waals surface area contributed by atoms with E-state index < -0.39 is 17.7 Å². The molecule has 3 rings (SSSR count). The Labute approximate surface area is 174 Å². The summed E-state index contributed by atoms with van der Waals surface area (Å²) in [7, 11) is 0. The van der Waals surface area contributed by atoms with Crippen molar-refractivity contribution in [2.75, 3.05) is 0 Å². The predicted octanol–water partition coefficient (Wildman–Crippen LogP) is 4.07. The summed E-state index contributed by atoms with van der Waals surface area (Å²) in [5, 5.41) is 18.1. The summed E-state index contributed by atoms with van der Waals surface area (Å²) in [6.07, 6.45) is 0.582. The Balaban J connectivity index is 1.90. The second-order valence-electron chi connectivity index (χ2n) is 8.10. The molecule has 5 nitrogen and oxygen atoms in total. The first-order valence-corrected chi connectivity index (χ1v) is 9.76. The smallest absolute Gasteiger partial charge is 0.231 e. The highest BCUT2D eigenvalue weighted by Crippen LogP contribution is 2.30. The molecule has 154 valence electrons. The minimum atomic E-state index is -1.13. The minimum Gasteiger partial charge on any atom is -0.377 e. The third kappa shape index (κ3) is 5.35. The molecule has 0 aliphatic carbocycles. The lowest BCUT2D eigenvalue weighted by atomic mass is 9.94. The molecule has 0 bridgehead atoms. The van der Waals surface area contributed by atoms with E-state index in [1.54, 1.807) is 30.5 Å². The number of fused-ring (bicyclic) bond motifs is 1. The Morgan fingerprint density at radius 1 is 1.24 bits per heavy atom. The second kappa shape index (κ2) is 8.53. The van der Waals surface area contributed by atoms with Crippen molar-refractivity contribution in [1.82, 2.24) is 15.6 Å². The zero-order valence-corrected chi connectivity index (χ0v) is 17.3. The summed E-state index contributed by atoms with van der Waals surface area (Å²) in [5.74, 6) is -1.61. The van der Waals surface area contributed by atoms with Gasteiger partial charge in [-0.2, -0.15) is 0 Å². The van der Waals surface area contributed by atoms with Gasteiger partial charge in [-0.3, -0.25) is 10.1 Å². The van der Waals surface area contributed by atoms with Gasteiger partial charge < -0.3 is 15.4 Å². The molecular weight excluding hydrogens is 393 g/mol. The van der Waals surface area contributed by atoms with Crippen molar-refractivity contribution in [3.05, 3.63) is 70.6 Å². The molecule has 0 aliphatic rings. The fourth-order valence-electron chi connectivity index (χ4n) is 3.31. The number of aromatic amines is 1. The van der Waals surface area contributed by atoms with Crippen LogP contribution in [-0.2, 0) is 11.3 Å². The monoisotopic (exact) mass is 417 g/mol. The van der Waals surface area contributed by atoms with Gasteiger partial charge in [-0.1, -0.05) is 29.8 Å². The van der Waals surface area contributed by atoms with Crippen LogP contribution >= 0.6 is 11.6 Å². The number of halogens is 2. The van der Waals surface area contributed by atoms with Crippen molar-refractivity contribution in [3.63, 3.8) is 0 Å². The Bertz CT molecular complexity index is 1010. The lowest BCUT2D eigenvalue weighted by Crippen LogP contribution is -2.50. The van der Waals surface area contributed by atoms with Gasteiger partial charge >= 0.3 is 0 Å². The SMILES string of the molecule is CC(C)(C)NC(O)C(C(=O)NCc1cccc(F)c1)c1c[nH]c2cc(Cl)ccc12. The quantitative estimate of drug-likeness (QED) is 0.457. The number of aliphatic hydroxyl groups is 1. The van der Waals surface area contributed by atoms with Crippen molar-refractivity contribution in [2.24, 2.45) is 0 Å². The number of amides is 1. The molecule has 7 heteroatoms. The van der Waals surface area contributed by atoms with Gasteiger partial charge in [0, 0.05) is 34.2 Å². The first-order chi connectivity index (χ1) is 13.6. The fourth-order valence-corrected chi connectivity index (χ4v) is 3.48. The van der Waals surface area contributed by atoms with Crippen LogP contribution in [0.1, 0.15) is 37.8 Å². The first-order valence-electron chi connectivity index (χ1n) is 9.38. The van der Waals surface area contributed by atoms with Gasteiger partial charge in [0.05, 0.1) is 0 Å². The molecule has 0 fully saturated rings. The number of rotatable bonds is 6. The van der Waals surface area contributed by atoms with Gasteiger partial charge in [-0.15, -0.1) is 0 Å². The number of H-pyrrole nitrogens is 1. The topological polar surface area (TPSA) is 77.2 Å². The average Bonchev–Trinajstić information content (AvgIpc) is 3.01. The van der Waals surface area contributed by atoms with Gasteiger partial charge in [0.25, 0.3) is 0 Å². The molecule has 29 heavy (non-hydrogen) atoms. The van der Waals surface area contributed by atoms with Crippen molar-refractivity contribution in [2.45, 2.75) is 45.0 Å². The summed E-state index contributed by atoms with van der Waals surface area (Å²) in [6.45, 7) is 5.89. The third-order valence-electron chi connectivity index (χ3n) is 4.55. The molecule has 4 N–H and O–H groups in total. The van der Waals surface area contributed by atoms with Gasteiger partial charge in [-0.05, 0) is 56.2 Å². The molecule has 1 amide bonds. The predicted molar refractivity (Wildman–Crippen MR) is 113 cm³/mol. The largest absolute Gasteiger partial charge is 0.377 e. The maximum Gasteiger partial charge on any atom is 0.231 e. The van der Waals surface area contributed by atoms with Crippen LogP contribution in [0.15, 0.2) is 48.7 Å². The molecule has 3 aromatic rings. The normalized spacial score (nSPS) is 14.0. The molecule has 0 saturated carbocycles. The van der Waals surface area contributed by atoms with E-state index in [1.165, 1.54) is 12.1 Å². The van der Waals surface area contributed by atoms with Crippen LogP contribution in [0, 0.1) is 5.82 Å². The number of benzene rings is 2. The van der Waals surface area contributed by atoms with E-state index in [9.17, 15) is 14.3 Å². The number of carbonyl (C=O) groups is 1. The van der Waals surface area contributed by atoms with Crippen LogP contribution in [0.25, 0.3) is 10.9 Å². The highest BCUT2D eigenvalue weighted by atomic mass is 35.5. The molecule has 0 radical (unpaired) electrons. The maximum absolute atomic E-state index is 13.4. The van der Waals surface area contributed by atoms with Crippen LogP contribution in [0.2, 0.25) is 5.02 Å². The molecule has 1 heterocycles. The summed E-state index contributed by atoms with van der Waals surface area (Å²) < 4.78 is 13.4. The Hall–Kier alpha value is -2.41. The molecule has 2 atom stereocenters. The number of aromatic nitrogens is 1. The Morgan fingerprint density at radius 2 is 2.00 bits per heavy atom. The van der Waals surface area contributed by atoms with E-state index in [0.29, 0.717) is 16.1 Å². The van der Waals surface area contributed by atoms with Crippen LogP contribution in [-0.4, -0.2) is 27.8 Å². The molecule has 0 aliphatic heterocycles. The van der Waals surface area contributed by atoms with Crippen LogP contribution in [0.3, 0.4) is 0 Å². The summed E-state index contributed by atoms with van der Waals surface area (Å²) in [4.78, 5) is 16.2. The molecule has 0 spiro atoms. The molecule has 2 unspecified atom stereocenters. The molecule has 1 aromatic heterocycles. The number of nitrogens with one attached hydrogen (secondary N) is 3. The van der Waals surface area contributed by atoms with Crippen LogP contribution < -0.4 is 10.6 Å². The van der Waals surface area contributed by atoms with Crippen molar-refractivity contribution < 1.29 is 14.3 Å². The Kier molecular flexibility index (Phi) is 6.27. The van der Waals surface area contributed by atoms with E-state index in [2.05, 4.69) is 15.6 Å². The summed E-state index contributed by atoms with van der Waals surface area (Å²) >= 11 is 6.06. The number of carbonyl (C=O) groups excluding carboxylic acids is 1. The standard InChI is InChI=1S/C22H25ClFN3O2/c1-22(2,3)27-21(29)19(17-12-25-18-10-14(23)7-8-16(17)18)20(28)26-11-13-5-4-6-15(24)9-13/h4-10,12,19,21,25,27,29H,11H2,1-3H3,(H,26,28). The number of aliphatic hydroxyl groups excluding tert-OH is 1. The lowest BCUT2D eigenvalue weighted by Gasteiger charge is -2.30. The molecule has 0 saturated heterocycles. The molecule has 2 aromatic carbocycles. The highest BCUT2D eigenvalue weighted by molar-refractivity contribution is 6.31. The summed E-state index contributed by atoms with van der Waals surface area (Å²) in [5.41, 5.74) is 1.66. The first kappa shape index (κ1) is 21.3. The minimum absolute atomic E-state index is 0.156. The van der Waals surface area contributed by atoms with Gasteiger partial charge in [0.2, 0.25) is 5.91 Å². The van der Waals surface area contributed by atoms with Crippen LogP contribution in [0.4, 0.5) is 4.39 Å². The highest BCUT2D eigenvalue weighted by Gasteiger charge is 2.32. The van der Waals surface area contributed by atoms with Gasteiger partial charge in [0.15, 0.2) is 0 Å². The second-order valence-corrected chi connectivity index (χ2v) is 8.53. The third-order valence-corrected chi connectivity index (χ3v) is 4.78.